The Bertz CT molecular complexity index is 537. The summed E-state index contributed by atoms with van der Waals surface area (Å²) in [6.45, 7) is 4.20. The van der Waals surface area contributed by atoms with Gasteiger partial charge in [0.05, 0.1) is 4.92 Å². The molecule has 2 fully saturated rings. The molecule has 0 aliphatic carbocycles. The van der Waals surface area contributed by atoms with E-state index >= 15 is 0 Å². The van der Waals surface area contributed by atoms with Gasteiger partial charge in [0.2, 0.25) is 0 Å². The van der Waals surface area contributed by atoms with Crippen LogP contribution < -0.4 is 10.2 Å². The van der Waals surface area contributed by atoms with Gasteiger partial charge in [-0.1, -0.05) is 6.07 Å². The number of benzene rings is 1. The van der Waals surface area contributed by atoms with E-state index in [2.05, 4.69) is 22.2 Å². The molecule has 0 bridgehead atoms. The van der Waals surface area contributed by atoms with E-state index in [0.29, 0.717) is 12.1 Å². The molecule has 0 unspecified atom stereocenters. The third-order valence-electron chi connectivity index (χ3n) is 5.33. The van der Waals surface area contributed by atoms with Crippen molar-refractivity contribution in [2.24, 2.45) is 0 Å². The van der Waals surface area contributed by atoms with E-state index in [1.165, 1.54) is 12.8 Å². The van der Waals surface area contributed by atoms with Crippen molar-refractivity contribution >= 4 is 11.4 Å². The quantitative estimate of drug-likeness (QED) is 0.681. The number of nitro groups is 1. The normalized spacial score (nSPS) is 20.9. The lowest BCUT2D eigenvalue weighted by Gasteiger charge is -2.42. The Hall–Kier alpha value is -1.66. The number of anilines is 1. The van der Waals surface area contributed by atoms with Crippen molar-refractivity contribution in [2.45, 2.75) is 37.8 Å². The van der Waals surface area contributed by atoms with Crippen LogP contribution in [0.25, 0.3) is 0 Å². The van der Waals surface area contributed by atoms with Crippen molar-refractivity contribution in [1.29, 1.82) is 0 Å². The smallest absolute Gasteiger partial charge is 0.271 e. The number of nitrogens with one attached hydrogen (secondary N) is 1. The molecule has 0 spiro atoms. The maximum Gasteiger partial charge on any atom is 0.271 e. The number of hydrogen-bond acceptors (Lipinski definition) is 5. The third-order valence-corrected chi connectivity index (χ3v) is 5.33. The van der Waals surface area contributed by atoms with Crippen LogP contribution in [0.15, 0.2) is 24.3 Å². The second kappa shape index (κ2) is 7.27. The summed E-state index contributed by atoms with van der Waals surface area (Å²) in [7, 11) is 2.27. The molecule has 2 aliphatic rings. The monoisotopic (exact) mass is 318 g/mol. The second-order valence-corrected chi connectivity index (χ2v) is 6.64. The minimum Gasteiger partial charge on any atom is -0.371 e. The highest BCUT2D eigenvalue weighted by atomic mass is 16.6. The summed E-state index contributed by atoms with van der Waals surface area (Å²) in [5, 5.41) is 14.4. The van der Waals surface area contributed by atoms with E-state index in [9.17, 15) is 10.1 Å². The van der Waals surface area contributed by atoms with Gasteiger partial charge in [-0.05, 0) is 51.9 Å². The molecule has 1 N–H and O–H groups in total. The Labute approximate surface area is 137 Å². The average molecular weight is 318 g/mol. The number of nitro benzene ring substituents is 1. The summed E-state index contributed by atoms with van der Waals surface area (Å²) >= 11 is 0. The maximum absolute atomic E-state index is 10.9. The molecule has 23 heavy (non-hydrogen) atoms. The molecule has 3 rings (SSSR count). The Kier molecular flexibility index (Phi) is 5.13. The van der Waals surface area contributed by atoms with Crippen LogP contribution in [0.5, 0.6) is 0 Å². The summed E-state index contributed by atoms with van der Waals surface area (Å²) in [6, 6.07) is 8.33. The zero-order valence-electron chi connectivity index (χ0n) is 13.8. The van der Waals surface area contributed by atoms with Gasteiger partial charge in [-0.2, -0.15) is 0 Å². The first kappa shape index (κ1) is 16.2. The highest BCUT2D eigenvalue weighted by molar-refractivity contribution is 5.53. The molecule has 2 saturated heterocycles. The predicted octanol–water partition coefficient (Wildman–Crippen LogP) is 2.25. The van der Waals surface area contributed by atoms with Gasteiger partial charge >= 0.3 is 0 Å². The van der Waals surface area contributed by atoms with Crippen LogP contribution in [0.4, 0.5) is 11.4 Å². The Morgan fingerprint density at radius 3 is 2.48 bits per heavy atom. The minimum atomic E-state index is -0.318. The molecular weight excluding hydrogens is 292 g/mol. The lowest BCUT2D eigenvalue weighted by atomic mass is 9.97. The van der Waals surface area contributed by atoms with Crippen molar-refractivity contribution in [3.8, 4) is 0 Å². The van der Waals surface area contributed by atoms with E-state index in [0.717, 1.165) is 44.7 Å². The number of piperidine rings is 2. The zero-order chi connectivity index (χ0) is 16.2. The maximum atomic E-state index is 10.9. The first-order chi connectivity index (χ1) is 11.1. The first-order valence-corrected chi connectivity index (χ1v) is 8.57. The van der Waals surface area contributed by atoms with Crippen molar-refractivity contribution in [1.82, 2.24) is 10.2 Å². The fourth-order valence-corrected chi connectivity index (χ4v) is 3.85. The number of hydrogen-bond donors (Lipinski definition) is 1. The van der Waals surface area contributed by atoms with Gasteiger partial charge in [0.15, 0.2) is 0 Å². The molecule has 0 amide bonds. The molecule has 1 aromatic rings. The highest BCUT2D eigenvalue weighted by Gasteiger charge is 2.28. The summed E-state index contributed by atoms with van der Waals surface area (Å²) in [4.78, 5) is 15.5. The fourth-order valence-electron chi connectivity index (χ4n) is 3.85. The van der Waals surface area contributed by atoms with E-state index in [1.54, 1.807) is 18.2 Å². The van der Waals surface area contributed by atoms with E-state index in [-0.39, 0.29) is 10.6 Å². The van der Waals surface area contributed by atoms with E-state index in [1.807, 2.05) is 6.07 Å². The van der Waals surface area contributed by atoms with E-state index < -0.39 is 0 Å². The SMILES string of the molecule is CN(C1CCNCC1)C1CCN(c2cccc([N+](=O)[O-])c2)CC1. The average Bonchev–Trinajstić information content (AvgIpc) is 2.62. The molecule has 0 radical (unpaired) electrons. The number of non-ortho nitro benzene ring substituents is 1. The third kappa shape index (κ3) is 3.82. The first-order valence-electron chi connectivity index (χ1n) is 8.57. The molecule has 2 aliphatic heterocycles. The Balaban J connectivity index is 1.57. The van der Waals surface area contributed by atoms with Crippen LogP contribution in [-0.4, -0.2) is 55.1 Å². The molecule has 0 saturated carbocycles. The van der Waals surface area contributed by atoms with Gasteiger partial charge in [-0.15, -0.1) is 0 Å². The second-order valence-electron chi connectivity index (χ2n) is 6.64. The lowest BCUT2D eigenvalue weighted by molar-refractivity contribution is -0.384. The molecule has 2 heterocycles. The van der Waals surface area contributed by atoms with Gasteiger partial charge in [0, 0.05) is 43.0 Å². The van der Waals surface area contributed by atoms with Crippen LogP contribution in [0, 0.1) is 10.1 Å². The van der Waals surface area contributed by atoms with Crippen molar-refractivity contribution in [3.63, 3.8) is 0 Å². The molecule has 1 aromatic carbocycles. The Morgan fingerprint density at radius 2 is 1.83 bits per heavy atom. The van der Waals surface area contributed by atoms with Crippen molar-refractivity contribution in [2.75, 3.05) is 38.1 Å². The summed E-state index contributed by atoms with van der Waals surface area (Å²) in [6.07, 6.45) is 4.73. The summed E-state index contributed by atoms with van der Waals surface area (Å²) in [5.74, 6) is 0. The van der Waals surface area contributed by atoms with Crippen LogP contribution in [0.1, 0.15) is 25.7 Å². The molecule has 0 aromatic heterocycles. The molecule has 6 nitrogen and oxygen atoms in total. The standard InChI is InChI=1S/C17H26N4O2/c1-19(14-5-9-18-10-6-14)15-7-11-20(12-8-15)16-3-2-4-17(13-16)21(22)23/h2-4,13-15,18H,5-12H2,1H3. The van der Waals surface area contributed by atoms with Gasteiger partial charge in [-0.25, -0.2) is 0 Å². The number of rotatable bonds is 4. The fraction of sp³-hybridized carbons (Fsp3) is 0.647. The topological polar surface area (TPSA) is 61.6 Å². The zero-order valence-corrected chi connectivity index (χ0v) is 13.8. The van der Waals surface area contributed by atoms with Crippen molar-refractivity contribution < 1.29 is 4.92 Å². The van der Waals surface area contributed by atoms with Crippen molar-refractivity contribution in [3.05, 3.63) is 34.4 Å². The summed E-state index contributed by atoms with van der Waals surface area (Å²) < 4.78 is 0. The van der Waals surface area contributed by atoms with Crippen LogP contribution in [0.2, 0.25) is 0 Å². The van der Waals surface area contributed by atoms with Gasteiger partial charge in [-0.3, -0.25) is 10.1 Å². The molecule has 6 heteroatoms. The van der Waals surface area contributed by atoms with Gasteiger partial charge < -0.3 is 15.1 Å². The largest absolute Gasteiger partial charge is 0.371 e. The lowest BCUT2D eigenvalue weighted by Crippen LogP contribution is -2.50. The summed E-state index contributed by atoms with van der Waals surface area (Å²) in [5.41, 5.74) is 1.15. The molecule has 126 valence electrons. The van der Waals surface area contributed by atoms with Crippen LogP contribution >= 0.6 is 0 Å². The minimum absolute atomic E-state index is 0.177. The highest BCUT2D eigenvalue weighted by Crippen LogP contribution is 2.27. The van der Waals surface area contributed by atoms with E-state index in [4.69, 9.17) is 0 Å². The van der Waals surface area contributed by atoms with Gasteiger partial charge in [0.25, 0.3) is 5.69 Å². The van der Waals surface area contributed by atoms with Crippen LogP contribution in [-0.2, 0) is 0 Å². The Morgan fingerprint density at radius 1 is 1.17 bits per heavy atom. The van der Waals surface area contributed by atoms with Gasteiger partial charge in [0.1, 0.15) is 0 Å². The molecule has 0 atom stereocenters. The van der Waals surface area contributed by atoms with Crippen LogP contribution in [0.3, 0.4) is 0 Å². The predicted molar refractivity (Wildman–Crippen MR) is 92.0 cm³/mol. The number of nitrogens with zero attached hydrogens (tertiary/aromatic N) is 3. The molecular formula is C17H26N4O2.